The normalized spacial score (nSPS) is 15.5. The number of benzene rings is 2. The highest BCUT2D eigenvalue weighted by Gasteiger charge is 2.36. The number of ketones is 1. The van der Waals surface area contributed by atoms with E-state index in [2.05, 4.69) is 15.9 Å². The van der Waals surface area contributed by atoms with Crippen molar-refractivity contribution in [3.8, 4) is 11.5 Å². The lowest BCUT2D eigenvalue weighted by Crippen LogP contribution is -2.33. The van der Waals surface area contributed by atoms with Crippen LogP contribution in [0.1, 0.15) is 15.9 Å². The average molecular weight is 448 g/mol. The zero-order chi connectivity index (χ0) is 19.6. The predicted octanol–water partition coefficient (Wildman–Crippen LogP) is 4.08. The fraction of sp³-hybridized carbons (Fsp3) is 0.105. The minimum Gasteiger partial charge on any atom is -0.504 e. The zero-order valence-electron chi connectivity index (χ0n) is 14.1. The Kier molecular flexibility index (Phi) is 5.67. The number of carbonyl (C=O) groups is 3. The molecule has 1 N–H and O–H groups in total. The largest absolute Gasteiger partial charge is 0.504 e. The Morgan fingerprint density at radius 1 is 1.26 bits per heavy atom. The van der Waals surface area contributed by atoms with E-state index >= 15 is 0 Å². The Bertz CT molecular complexity index is 958. The van der Waals surface area contributed by atoms with Crippen LogP contribution in [0, 0.1) is 0 Å². The summed E-state index contributed by atoms with van der Waals surface area (Å²) in [6.45, 7) is -0.313. The van der Waals surface area contributed by atoms with Crippen molar-refractivity contribution in [2.75, 3.05) is 13.7 Å². The summed E-state index contributed by atoms with van der Waals surface area (Å²) in [5.74, 6) is -0.661. The molecule has 1 aliphatic heterocycles. The number of halogens is 1. The van der Waals surface area contributed by atoms with Crippen LogP contribution < -0.4 is 4.74 Å². The van der Waals surface area contributed by atoms with Gasteiger partial charge in [0.05, 0.1) is 18.6 Å². The highest BCUT2D eigenvalue weighted by atomic mass is 79.9. The summed E-state index contributed by atoms with van der Waals surface area (Å²) in [6, 6.07) is 11.5. The van der Waals surface area contributed by atoms with Gasteiger partial charge in [0.15, 0.2) is 17.3 Å². The molecule has 2 aromatic carbocycles. The Morgan fingerprint density at radius 2 is 1.96 bits per heavy atom. The number of hydrogen-bond acceptors (Lipinski definition) is 6. The Balaban J connectivity index is 1.84. The third-order valence-corrected chi connectivity index (χ3v) is 5.45. The van der Waals surface area contributed by atoms with Gasteiger partial charge in [-0.2, -0.15) is 0 Å². The van der Waals surface area contributed by atoms with Crippen molar-refractivity contribution >= 4 is 50.7 Å². The number of phenolic OH excluding ortho intramolecular Hbond substituents is 1. The molecule has 1 saturated heterocycles. The molecule has 0 aliphatic carbocycles. The summed E-state index contributed by atoms with van der Waals surface area (Å²) in [5.41, 5.74) is 0.996. The number of methoxy groups -OCH3 is 1. The molecule has 0 radical (unpaired) electrons. The smallest absolute Gasteiger partial charge is 0.293 e. The topological polar surface area (TPSA) is 83.9 Å². The lowest BCUT2D eigenvalue weighted by molar-refractivity contribution is -0.122. The van der Waals surface area contributed by atoms with Gasteiger partial charge in [0.25, 0.3) is 11.1 Å². The van der Waals surface area contributed by atoms with Crippen LogP contribution in [-0.4, -0.2) is 40.6 Å². The second-order valence-electron chi connectivity index (χ2n) is 5.60. The average Bonchev–Trinajstić information content (AvgIpc) is 2.92. The number of rotatable bonds is 5. The van der Waals surface area contributed by atoms with Gasteiger partial charge in [-0.1, -0.05) is 46.3 Å². The summed E-state index contributed by atoms with van der Waals surface area (Å²) in [4.78, 5) is 38.2. The summed E-state index contributed by atoms with van der Waals surface area (Å²) in [6.07, 6.45) is 1.52. The van der Waals surface area contributed by atoms with E-state index < -0.39 is 11.1 Å². The van der Waals surface area contributed by atoms with E-state index in [1.54, 1.807) is 36.4 Å². The first-order valence-corrected chi connectivity index (χ1v) is 9.41. The van der Waals surface area contributed by atoms with Crippen LogP contribution in [0.15, 0.2) is 51.8 Å². The fourth-order valence-electron chi connectivity index (χ4n) is 2.47. The van der Waals surface area contributed by atoms with E-state index in [1.807, 2.05) is 0 Å². The molecular weight excluding hydrogens is 434 g/mol. The summed E-state index contributed by atoms with van der Waals surface area (Å²) in [7, 11) is 1.41. The molecule has 1 heterocycles. The monoisotopic (exact) mass is 447 g/mol. The Labute approximate surface area is 167 Å². The molecule has 6 nitrogen and oxygen atoms in total. The molecule has 0 saturated carbocycles. The highest BCUT2D eigenvalue weighted by Crippen LogP contribution is 2.37. The molecular formula is C19H14BrNO5S. The van der Waals surface area contributed by atoms with Gasteiger partial charge in [0, 0.05) is 10.0 Å². The first-order chi connectivity index (χ1) is 12.9. The van der Waals surface area contributed by atoms with Gasteiger partial charge in [0.1, 0.15) is 0 Å². The maximum absolute atomic E-state index is 12.6. The van der Waals surface area contributed by atoms with Crippen molar-refractivity contribution < 1.29 is 24.2 Å². The van der Waals surface area contributed by atoms with Crippen LogP contribution >= 0.6 is 27.7 Å². The summed E-state index contributed by atoms with van der Waals surface area (Å²) < 4.78 is 5.60. The van der Waals surface area contributed by atoms with E-state index in [1.165, 1.54) is 19.3 Å². The quantitative estimate of drug-likeness (QED) is 0.548. The van der Waals surface area contributed by atoms with Crippen molar-refractivity contribution in [2.45, 2.75) is 0 Å². The molecule has 0 spiro atoms. The first kappa shape index (κ1) is 19.2. The van der Waals surface area contributed by atoms with Gasteiger partial charge in [-0.15, -0.1) is 0 Å². The fourth-order valence-corrected chi connectivity index (χ4v) is 3.74. The number of carbonyl (C=O) groups excluding carboxylic acids is 3. The molecule has 3 rings (SSSR count). The first-order valence-electron chi connectivity index (χ1n) is 7.81. The molecule has 0 bridgehead atoms. The zero-order valence-corrected chi connectivity index (χ0v) is 16.5. The third kappa shape index (κ3) is 4.06. The van der Waals surface area contributed by atoms with Crippen molar-refractivity contribution in [2.24, 2.45) is 0 Å². The number of aromatic hydroxyl groups is 1. The maximum Gasteiger partial charge on any atom is 0.293 e. The lowest BCUT2D eigenvalue weighted by Gasteiger charge is -2.11. The van der Waals surface area contributed by atoms with E-state index in [-0.39, 0.29) is 28.7 Å². The number of phenols is 1. The number of nitrogens with zero attached hydrogens (tertiary/aromatic N) is 1. The van der Waals surface area contributed by atoms with Crippen molar-refractivity contribution in [1.82, 2.24) is 4.90 Å². The second-order valence-corrected chi connectivity index (χ2v) is 7.45. The molecule has 1 aliphatic rings. The van der Waals surface area contributed by atoms with Crippen molar-refractivity contribution in [1.29, 1.82) is 0 Å². The van der Waals surface area contributed by atoms with Crippen LogP contribution in [0.2, 0.25) is 0 Å². The highest BCUT2D eigenvalue weighted by molar-refractivity contribution is 9.10. The van der Waals surface area contributed by atoms with Crippen LogP contribution in [0.3, 0.4) is 0 Å². The number of Topliss-reactive ketones (excluding diaryl/α,β-unsaturated/α-hetero) is 1. The predicted molar refractivity (Wildman–Crippen MR) is 106 cm³/mol. The summed E-state index contributed by atoms with van der Waals surface area (Å²) >= 11 is 4.07. The standard InChI is InChI=1S/C19H14BrNO5S/c1-26-16-7-12(13(20)9-14(16)22)8-17-18(24)21(19(25)27-17)10-15(23)11-5-3-2-4-6-11/h2-9,22H,10H2,1H3. The van der Waals surface area contributed by atoms with Gasteiger partial charge >= 0.3 is 0 Å². The van der Waals surface area contributed by atoms with E-state index in [4.69, 9.17) is 4.74 Å². The second kappa shape index (κ2) is 7.98. The number of imide groups is 1. The molecule has 138 valence electrons. The Morgan fingerprint density at radius 3 is 2.63 bits per heavy atom. The van der Waals surface area contributed by atoms with Gasteiger partial charge in [0.2, 0.25) is 0 Å². The molecule has 1 fully saturated rings. The molecule has 0 aromatic heterocycles. The van der Waals surface area contributed by atoms with Crippen LogP contribution in [-0.2, 0) is 4.79 Å². The third-order valence-electron chi connectivity index (χ3n) is 3.86. The van der Waals surface area contributed by atoms with Gasteiger partial charge < -0.3 is 9.84 Å². The van der Waals surface area contributed by atoms with E-state index in [0.29, 0.717) is 15.6 Å². The van der Waals surface area contributed by atoms with Gasteiger partial charge in [-0.05, 0) is 35.5 Å². The molecule has 0 atom stereocenters. The van der Waals surface area contributed by atoms with Crippen LogP contribution in [0.4, 0.5) is 4.79 Å². The van der Waals surface area contributed by atoms with Gasteiger partial charge in [-0.25, -0.2) is 0 Å². The molecule has 2 aromatic rings. The van der Waals surface area contributed by atoms with Crippen LogP contribution in [0.25, 0.3) is 6.08 Å². The lowest BCUT2D eigenvalue weighted by atomic mass is 10.1. The molecule has 27 heavy (non-hydrogen) atoms. The van der Waals surface area contributed by atoms with Gasteiger partial charge in [-0.3, -0.25) is 19.3 Å². The number of amides is 2. The Hall–Kier alpha value is -2.58. The SMILES string of the molecule is COc1cc(C=C2SC(=O)N(CC(=O)c3ccccc3)C2=O)c(Br)cc1O. The van der Waals surface area contributed by atoms with E-state index in [9.17, 15) is 19.5 Å². The van der Waals surface area contributed by atoms with Crippen molar-refractivity contribution in [3.05, 3.63) is 63.0 Å². The number of hydrogen-bond donors (Lipinski definition) is 1. The van der Waals surface area contributed by atoms with Crippen molar-refractivity contribution in [3.63, 3.8) is 0 Å². The van der Waals surface area contributed by atoms with E-state index in [0.717, 1.165) is 16.7 Å². The number of ether oxygens (including phenoxy) is 1. The minimum atomic E-state index is -0.534. The summed E-state index contributed by atoms with van der Waals surface area (Å²) in [5, 5.41) is 9.27. The molecule has 2 amide bonds. The maximum atomic E-state index is 12.6. The number of thioether (sulfide) groups is 1. The minimum absolute atomic E-state index is 0.0527. The molecule has 8 heteroatoms. The van der Waals surface area contributed by atoms with Crippen LogP contribution in [0.5, 0.6) is 11.5 Å². The molecule has 0 unspecified atom stereocenters.